The molecule has 0 spiro atoms. The molecule has 367 valence electrons. The van der Waals surface area contributed by atoms with Gasteiger partial charge in [0.05, 0.1) is 43.8 Å². The standard InChI is InChI=1S/C19H22ClN3O4S.C14H21N3O3.C6H5ClOS.CH3I.5HI.2V/c1-22(11-15(24)10-21-19(26)16-6-7-17(20)28-16)13-2-4-14(5-3-13)23-8-9-27-12-18(23)25;1-16(9-13(18)8-15)11-2-4-12(5-3-11)17-6-7-20-10-14(17)19;1-4(8)5-2-3-6(7)9-5;1-2;;;;;;;/h2-7,15,24H,8-12H2,1H3,(H,21,26);2-5,13,18H,6-10,15H2,1H3;2-3H,1H3;1H3;5*1H;;/q;;;;;;;;;+2;+3/p-5/t15-;13-;;;;;;;;;/m00........./s1. The molecule has 2 saturated heterocycles. The van der Waals surface area contributed by atoms with E-state index in [1.165, 1.54) is 29.6 Å². The van der Waals surface area contributed by atoms with Crippen LogP contribution in [-0.4, -0.2) is 131 Å². The Morgan fingerprint density at radius 3 is 1.47 bits per heavy atom. The predicted molar refractivity (Wildman–Crippen MR) is 318 cm³/mol. The second-order valence-corrected chi connectivity index (χ2v) is 63.9. The van der Waals surface area contributed by atoms with E-state index >= 15 is 0 Å². The summed E-state index contributed by atoms with van der Waals surface area (Å²) in [5, 5.41) is 22.5. The second-order valence-electron chi connectivity index (χ2n) is 13.3. The van der Waals surface area contributed by atoms with E-state index in [0.29, 0.717) is 62.4 Å². The van der Waals surface area contributed by atoms with Crippen LogP contribution in [0.3, 0.4) is 0 Å². The van der Waals surface area contributed by atoms with Crippen LogP contribution in [0.1, 0.15) is 26.3 Å². The van der Waals surface area contributed by atoms with Crippen LogP contribution in [0.15, 0.2) is 72.8 Å². The molecule has 0 aliphatic carbocycles. The van der Waals surface area contributed by atoms with Crippen molar-refractivity contribution in [3.8, 4) is 0 Å². The molecule has 2 aliphatic rings. The van der Waals surface area contributed by atoms with Crippen LogP contribution < -0.4 is 30.7 Å². The number of ether oxygens (including phenoxy) is 2. The zero-order chi connectivity index (χ0) is 49.8. The summed E-state index contributed by atoms with van der Waals surface area (Å²) in [6.07, 6.45) is -1.27. The second kappa shape index (κ2) is 38.1. The molecule has 66 heavy (non-hydrogen) atoms. The number of ketones is 1. The molecule has 5 N–H and O–H groups in total. The molecule has 26 heteroatoms. The Morgan fingerprint density at radius 1 is 0.773 bits per heavy atom. The molecule has 3 amide bonds. The van der Waals surface area contributed by atoms with Gasteiger partial charge in [-0.15, -0.1) is 22.7 Å². The summed E-state index contributed by atoms with van der Waals surface area (Å²) in [7, 11) is 4.38. The maximum absolute atomic E-state index is 12.0. The average Bonchev–Trinajstić information content (AvgIpc) is 3.95. The number of amides is 3. The van der Waals surface area contributed by atoms with Crippen LogP contribution in [0.2, 0.25) is 8.67 Å². The molecule has 14 nitrogen and oxygen atoms in total. The van der Waals surface area contributed by atoms with Crippen LogP contribution in [0.4, 0.5) is 22.7 Å². The van der Waals surface area contributed by atoms with Crippen molar-refractivity contribution in [2.24, 2.45) is 5.73 Å². The number of hydrogen-bond donors (Lipinski definition) is 4. The van der Waals surface area contributed by atoms with Crippen molar-refractivity contribution in [2.45, 2.75) is 19.1 Å². The molecule has 2 aromatic carbocycles. The normalized spacial score (nSPS) is 13.9. The van der Waals surface area contributed by atoms with Gasteiger partial charge in [0.15, 0.2) is 5.78 Å². The SMILES string of the molecule is CC(=O)c1ccc(Cl)s1.CI.CN(C[C@@H](O)CN)c1ccc(N2CCOCC2=O)cc1.CN(C[C@@H](O)CNC(=O)c1ccc(Cl)s1)c1ccc(N2CCOCC2=O)cc1.[I][V]([I])[I].[I][V][I]. The molecule has 0 unspecified atom stereocenters. The topological polar surface area (TPSA) is 178 Å². The molecule has 4 heterocycles. The average molecular weight is 1740 g/mol. The Kier molecular flexibility index (Phi) is 37.8. The number of rotatable bonds is 13. The van der Waals surface area contributed by atoms with Gasteiger partial charge in [-0.05, 0) is 84.7 Å². The Labute approximate surface area is 485 Å². The van der Waals surface area contributed by atoms with E-state index in [9.17, 15) is 29.4 Å². The van der Waals surface area contributed by atoms with Crippen molar-refractivity contribution < 1.29 is 53.3 Å². The van der Waals surface area contributed by atoms with Gasteiger partial charge in [0.2, 0.25) is 0 Å². The summed E-state index contributed by atoms with van der Waals surface area (Å²) < 4.78 is 11.5. The third-order valence-corrected chi connectivity index (χ3v) is 11.2. The van der Waals surface area contributed by atoms with Crippen LogP contribution in [0.5, 0.6) is 0 Å². The van der Waals surface area contributed by atoms with E-state index in [1.807, 2.05) is 77.4 Å². The molecule has 0 bridgehead atoms. The van der Waals surface area contributed by atoms with Gasteiger partial charge in [-0.3, -0.25) is 19.2 Å². The summed E-state index contributed by atoms with van der Waals surface area (Å²) in [5.41, 5.74) is 8.98. The number of nitrogens with zero attached hydrogens (tertiary/aromatic N) is 4. The number of Topliss-reactive ketones (excluding diaryl/α,β-unsaturated/α-hetero) is 1. The molecule has 6 rings (SSSR count). The van der Waals surface area contributed by atoms with E-state index in [0.717, 1.165) is 27.6 Å². The summed E-state index contributed by atoms with van der Waals surface area (Å²) in [6, 6.07) is 22.0. The van der Waals surface area contributed by atoms with Crippen molar-refractivity contribution in [3.63, 3.8) is 0 Å². The molecule has 2 atom stereocenters. The third kappa shape index (κ3) is 26.9. The van der Waals surface area contributed by atoms with Crippen LogP contribution in [0.25, 0.3) is 0 Å². The quantitative estimate of drug-likeness (QED) is 0.0569. The van der Waals surface area contributed by atoms with Crippen molar-refractivity contribution in [3.05, 3.63) is 91.2 Å². The number of aliphatic hydroxyl groups excluding tert-OH is 2. The number of benzene rings is 2. The number of carbonyl (C=O) groups excluding carboxylic acids is 4. The molecular formula is C40H51Cl2I6N6O8S2V2. The molecule has 2 fully saturated rings. The summed E-state index contributed by atoms with van der Waals surface area (Å²) >= 11 is 28.2. The number of anilines is 4. The van der Waals surface area contributed by atoms with E-state index in [4.69, 9.17) is 38.4 Å². The first-order valence-electron chi connectivity index (χ1n) is 19.2. The number of morpholine rings is 2. The van der Waals surface area contributed by atoms with Crippen molar-refractivity contribution in [1.82, 2.24) is 5.32 Å². The number of nitrogens with two attached hydrogens (primary N) is 1. The van der Waals surface area contributed by atoms with Crippen LogP contribution in [0, 0.1) is 0 Å². The number of hydrogen-bond acceptors (Lipinski definition) is 13. The monoisotopic (exact) mass is 1740 g/mol. The number of aliphatic hydroxyl groups is 2. The van der Waals surface area contributed by atoms with Gasteiger partial charge in [-0.25, -0.2) is 0 Å². The molecule has 0 radical (unpaired) electrons. The summed E-state index contributed by atoms with van der Waals surface area (Å²) in [4.78, 5) is 56.4. The summed E-state index contributed by atoms with van der Waals surface area (Å²) in [5.74, 6) is -0.244. The maximum atomic E-state index is 12.0. The van der Waals surface area contributed by atoms with Crippen LogP contribution in [-0.2, 0) is 33.4 Å². The summed E-state index contributed by atoms with van der Waals surface area (Å²) in [6.45, 7) is 5.21. The molecule has 0 saturated carbocycles. The Hall–Kier alpha value is 1.45. The Bertz CT molecular complexity index is 2020. The first-order valence-corrected chi connectivity index (χ1v) is 46.3. The van der Waals surface area contributed by atoms with E-state index in [1.54, 1.807) is 34.1 Å². The van der Waals surface area contributed by atoms with Gasteiger partial charge >= 0.3 is 114 Å². The zero-order valence-corrected chi connectivity index (χ0v) is 55.0. The van der Waals surface area contributed by atoms with E-state index in [-0.39, 0.29) is 54.7 Å². The van der Waals surface area contributed by atoms with Crippen molar-refractivity contribution in [2.75, 3.05) is 104 Å². The number of alkyl halides is 1. The minimum atomic E-state index is -0.732. The van der Waals surface area contributed by atoms with Gasteiger partial charge in [0, 0.05) is 76.1 Å². The minimum absolute atomic E-state index is 0.0177. The van der Waals surface area contributed by atoms with E-state index < -0.39 is 12.2 Å². The fraction of sp³-hybridized carbons (Fsp3) is 0.400. The zero-order valence-electron chi connectivity index (χ0n) is 36.1. The van der Waals surface area contributed by atoms with Crippen molar-refractivity contribution in [1.29, 1.82) is 0 Å². The van der Waals surface area contributed by atoms with Gasteiger partial charge in [0.1, 0.15) is 13.2 Å². The van der Waals surface area contributed by atoms with Crippen LogP contribution >= 0.6 is 168 Å². The molecule has 4 aromatic rings. The van der Waals surface area contributed by atoms with Gasteiger partial charge in [-0.1, -0.05) is 45.8 Å². The van der Waals surface area contributed by atoms with Crippen molar-refractivity contribution >= 4 is 215 Å². The van der Waals surface area contributed by atoms with E-state index in [2.05, 4.69) is 128 Å². The van der Waals surface area contributed by atoms with Gasteiger partial charge in [-0.2, -0.15) is 0 Å². The number of nitrogens with one attached hydrogen (secondary N) is 1. The fourth-order valence-electron chi connectivity index (χ4n) is 5.58. The number of halogens is 8. The first kappa shape index (κ1) is 65.5. The molecule has 2 aliphatic heterocycles. The van der Waals surface area contributed by atoms with Gasteiger partial charge in [0.25, 0.3) is 17.7 Å². The third-order valence-electron chi connectivity index (χ3n) is 8.63. The number of likely N-dealkylation sites (N-methyl/N-ethyl adjacent to an activating group) is 2. The number of thiophene rings is 2. The fourth-order valence-corrected chi connectivity index (χ4v) is 7.47. The predicted octanol–water partition coefficient (Wildman–Crippen LogP) is 9.88. The first-order chi connectivity index (χ1) is 31.4. The Morgan fingerprint density at radius 2 is 1.15 bits per heavy atom. The number of carbonyl (C=O) groups is 4. The Balaban J connectivity index is 0.000000495. The van der Waals surface area contributed by atoms with Gasteiger partial charge < -0.3 is 50.3 Å². The molecular weight excluding hydrogens is 1690 g/mol. The molecule has 2 aromatic heterocycles.